The Kier molecular flexibility index (Phi) is 6.54. The third-order valence-corrected chi connectivity index (χ3v) is 6.72. The molecule has 1 aromatic heterocycles. The van der Waals surface area contributed by atoms with Crippen LogP contribution in [0.2, 0.25) is 0 Å². The maximum absolute atomic E-state index is 14.9. The van der Waals surface area contributed by atoms with E-state index < -0.39 is 18.2 Å². The predicted octanol–water partition coefficient (Wildman–Crippen LogP) is 3.21. The van der Waals surface area contributed by atoms with Crippen molar-refractivity contribution >= 4 is 11.8 Å². The predicted molar refractivity (Wildman–Crippen MR) is 117 cm³/mol. The highest BCUT2D eigenvalue weighted by molar-refractivity contribution is 5.95. The zero-order chi connectivity index (χ0) is 23.7. The number of cyclic esters (lactones) is 1. The van der Waals surface area contributed by atoms with Gasteiger partial charge in [0.25, 0.3) is 0 Å². The van der Waals surface area contributed by atoms with E-state index in [2.05, 4.69) is 4.98 Å². The molecule has 4 rings (SSSR count). The molecule has 0 aliphatic carbocycles. The highest BCUT2D eigenvalue weighted by Crippen LogP contribution is 2.31. The van der Waals surface area contributed by atoms with Gasteiger partial charge in [0.1, 0.15) is 24.5 Å². The molecule has 1 saturated heterocycles. The van der Waals surface area contributed by atoms with Crippen LogP contribution >= 0.6 is 0 Å². The van der Waals surface area contributed by atoms with Gasteiger partial charge in [0.2, 0.25) is 0 Å². The van der Waals surface area contributed by atoms with Gasteiger partial charge < -0.3 is 9.84 Å². The molecule has 2 aliphatic heterocycles. The normalized spacial score (nSPS) is 21.2. The van der Waals surface area contributed by atoms with Crippen molar-refractivity contribution in [3.63, 3.8) is 0 Å². The molecule has 0 bridgehead atoms. The monoisotopic (exact) mass is 451 g/mol. The van der Waals surface area contributed by atoms with Crippen molar-refractivity contribution in [1.29, 1.82) is 5.26 Å². The number of β-amino-alcohol motifs (C(OH)–C–C–N with tert-alkyl or cyclic N) is 1. The second-order valence-corrected chi connectivity index (χ2v) is 8.85. The van der Waals surface area contributed by atoms with Crippen LogP contribution in [0.5, 0.6) is 0 Å². The van der Waals surface area contributed by atoms with Crippen molar-refractivity contribution in [2.24, 2.45) is 5.92 Å². The number of likely N-dealkylation sites (tertiary alicyclic amines) is 1. The van der Waals surface area contributed by atoms with Crippen LogP contribution in [-0.2, 0) is 11.3 Å². The second-order valence-electron chi connectivity index (χ2n) is 8.85. The maximum Gasteiger partial charge on any atom is 0.338 e. The minimum atomic E-state index is -1.19. The lowest BCUT2D eigenvalue weighted by Crippen LogP contribution is -2.44. The van der Waals surface area contributed by atoms with Crippen LogP contribution in [0.3, 0.4) is 0 Å². The Morgan fingerprint density at radius 1 is 1.42 bits per heavy atom. The van der Waals surface area contributed by atoms with Gasteiger partial charge in [0.15, 0.2) is 5.78 Å². The van der Waals surface area contributed by atoms with Crippen molar-refractivity contribution in [2.45, 2.75) is 45.6 Å². The van der Waals surface area contributed by atoms with E-state index >= 15 is 0 Å². The number of carbonyl (C=O) groups excluding carboxylic acids is 2. The first-order valence-corrected chi connectivity index (χ1v) is 11.0. The van der Waals surface area contributed by atoms with E-state index in [0.29, 0.717) is 35.2 Å². The molecule has 3 heterocycles. The van der Waals surface area contributed by atoms with Crippen molar-refractivity contribution in [2.75, 3.05) is 19.6 Å². The third-order valence-electron chi connectivity index (χ3n) is 6.72. The number of nitriles is 1. The SMILES string of the molecule is Cc1cc(C(=O)C[C@@H]2CCN(C[C@H](O)c3ccc4c(c3C)COC4=O)C[C@@H]2F)ncc1C#N. The molecule has 2 aromatic rings. The van der Waals surface area contributed by atoms with Crippen molar-refractivity contribution in [1.82, 2.24) is 9.88 Å². The van der Waals surface area contributed by atoms with Gasteiger partial charge >= 0.3 is 5.97 Å². The van der Waals surface area contributed by atoms with Gasteiger partial charge in [-0.15, -0.1) is 0 Å². The summed E-state index contributed by atoms with van der Waals surface area (Å²) in [5.74, 6) is -0.986. The van der Waals surface area contributed by atoms with Crippen LogP contribution in [-0.4, -0.2) is 52.5 Å². The highest BCUT2D eigenvalue weighted by atomic mass is 19.1. The smallest absolute Gasteiger partial charge is 0.338 e. The van der Waals surface area contributed by atoms with Gasteiger partial charge in [-0.3, -0.25) is 14.7 Å². The van der Waals surface area contributed by atoms with E-state index in [4.69, 9.17) is 10.00 Å². The van der Waals surface area contributed by atoms with E-state index in [1.165, 1.54) is 6.20 Å². The lowest BCUT2D eigenvalue weighted by atomic mass is 9.88. The summed E-state index contributed by atoms with van der Waals surface area (Å²) in [6.07, 6.45) is -0.0692. The number of piperidine rings is 1. The maximum atomic E-state index is 14.9. The van der Waals surface area contributed by atoms with Gasteiger partial charge in [0, 0.05) is 31.3 Å². The number of pyridine rings is 1. The largest absolute Gasteiger partial charge is 0.457 e. The molecule has 1 N–H and O–H groups in total. The molecule has 0 radical (unpaired) electrons. The molecule has 1 fully saturated rings. The number of hydrogen-bond acceptors (Lipinski definition) is 7. The first-order valence-electron chi connectivity index (χ1n) is 11.0. The first-order chi connectivity index (χ1) is 15.8. The molecule has 172 valence electrons. The number of aryl methyl sites for hydroxylation is 1. The highest BCUT2D eigenvalue weighted by Gasteiger charge is 2.33. The number of aromatic nitrogens is 1. The van der Waals surface area contributed by atoms with Crippen LogP contribution in [0.25, 0.3) is 0 Å². The molecule has 0 spiro atoms. The quantitative estimate of drug-likeness (QED) is 0.531. The van der Waals surface area contributed by atoms with Gasteiger partial charge in [-0.25, -0.2) is 9.18 Å². The lowest BCUT2D eigenvalue weighted by molar-refractivity contribution is 0.0411. The number of Topliss-reactive ketones (excluding diaryl/α,β-unsaturated/α-hetero) is 1. The van der Waals surface area contributed by atoms with E-state index in [1.54, 1.807) is 25.1 Å². The second kappa shape index (κ2) is 9.38. The molecule has 7 nitrogen and oxygen atoms in total. The number of benzene rings is 1. The molecule has 8 heteroatoms. The van der Waals surface area contributed by atoms with E-state index in [9.17, 15) is 19.1 Å². The van der Waals surface area contributed by atoms with E-state index in [-0.39, 0.29) is 43.6 Å². The summed E-state index contributed by atoms with van der Waals surface area (Å²) in [6, 6.07) is 7.00. The van der Waals surface area contributed by atoms with Crippen LogP contribution in [0.15, 0.2) is 24.4 Å². The number of fused-ring (bicyclic) bond motifs is 1. The summed E-state index contributed by atoms with van der Waals surface area (Å²) in [6.45, 7) is 4.79. The Bertz CT molecular complexity index is 1140. The van der Waals surface area contributed by atoms with Crippen molar-refractivity contribution in [3.05, 3.63) is 63.5 Å². The fourth-order valence-electron chi connectivity index (χ4n) is 4.65. The first kappa shape index (κ1) is 23.0. The van der Waals surface area contributed by atoms with Gasteiger partial charge in [-0.1, -0.05) is 6.07 Å². The Labute approximate surface area is 191 Å². The molecule has 3 atom stereocenters. The fraction of sp³-hybridized carbons (Fsp3) is 0.440. The number of carbonyl (C=O) groups is 2. The summed E-state index contributed by atoms with van der Waals surface area (Å²) >= 11 is 0. The third kappa shape index (κ3) is 4.65. The zero-order valence-electron chi connectivity index (χ0n) is 18.7. The number of nitrogens with zero attached hydrogens (tertiary/aromatic N) is 3. The molecule has 0 saturated carbocycles. The minimum Gasteiger partial charge on any atom is -0.457 e. The molecule has 1 aromatic carbocycles. The summed E-state index contributed by atoms with van der Waals surface area (Å²) in [5, 5.41) is 19.8. The average molecular weight is 451 g/mol. The van der Waals surface area contributed by atoms with Gasteiger partial charge in [0.05, 0.1) is 17.2 Å². The summed E-state index contributed by atoms with van der Waals surface area (Å²) < 4.78 is 20.0. The van der Waals surface area contributed by atoms with Crippen LogP contribution in [0.4, 0.5) is 4.39 Å². The Morgan fingerprint density at radius 2 is 2.21 bits per heavy atom. The lowest BCUT2D eigenvalue weighted by Gasteiger charge is -2.35. The fourth-order valence-corrected chi connectivity index (χ4v) is 4.65. The number of hydrogen-bond donors (Lipinski definition) is 1. The number of ketones is 1. The standard InChI is InChI=1S/C25H26FN3O4/c1-14-7-22(28-10-17(14)9-27)23(30)8-16-5-6-29(11-21(16)26)12-24(31)18-3-4-19-20(15(18)2)13-33-25(19)32/h3-4,7,10,16,21,24,31H,5-6,8,11-13H2,1-2H3/t16-,21-,24-/m0/s1. The van der Waals surface area contributed by atoms with Crippen molar-refractivity contribution < 1.29 is 23.8 Å². The van der Waals surface area contributed by atoms with Crippen molar-refractivity contribution in [3.8, 4) is 6.07 Å². The molecular formula is C25H26FN3O4. The molecular weight excluding hydrogens is 425 g/mol. The Hall–Kier alpha value is -3.15. The van der Waals surface area contributed by atoms with Crippen LogP contribution in [0.1, 0.15) is 67.6 Å². The number of alkyl halides is 1. The van der Waals surface area contributed by atoms with Crippen LogP contribution in [0, 0.1) is 31.1 Å². The molecule has 33 heavy (non-hydrogen) atoms. The summed E-state index contributed by atoms with van der Waals surface area (Å²) in [5.41, 5.74) is 4.21. The molecule has 0 amide bonds. The van der Waals surface area contributed by atoms with Gasteiger partial charge in [-0.05, 0) is 61.6 Å². The number of ether oxygens (including phenoxy) is 1. The Balaban J connectivity index is 1.35. The zero-order valence-corrected chi connectivity index (χ0v) is 18.7. The minimum absolute atomic E-state index is 0.0634. The van der Waals surface area contributed by atoms with Gasteiger partial charge in [-0.2, -0.15) is 5.26 Å². The Morgan fingerprint density at radius 3 is 2.91 bits per heavy atom. The van der Waals surface area contributed by atoms with Crippen LogP contribution < -0.4 is 0 Å². The average Bonchev–Trinajstić information content (AvgIpc) is 3.17. The molecule has 2 aliphatic rings. The number of aliphatic hydroxyl groups excluding tert-OH is 1. The number of aliphatic hydroxyl groups is 1. The van der Waals surface area contributed by atoms with E-state index in [1.807, 2.05) is 17.9 Å². The molecule has 0 unspecified atom stereocenters. The van der Waals surface area contributed by atoms with E-state index in [0.717, 1.165) is 11.1 Å². The number of rotatable bonds is 6. The topological polar surface area (TPSA) is 104 Å². The number of esters is 1. The summed E-state index contributed by atoms with van der Waals surface area (Å²) in [4.78, 5) is 30.3. The number of halogens is 1. The summed E-state index contributed by atoms with van der Waals surface area (Å²) in [7, 11) is 0.